The fraction of sp³-hybridized carbons (Fsp3) is 1.00. The summed E-state index contributed by atoms with van der Waals surface area (Å²) >= 11 is 1.50. The van der Waals surface area contributed by atoms with E-state index in [0.717, 1.165) is 26.2 Å². The van der Waals surface area contributed by atoms with Gasteiger partial charge in [-0.05, 0) is 0 Å². The molecule has 0 bridgehead atoms. The molecule has 2 fully saturated rings. The van der Waals surface area contributed by atoms with E-state index in [4.69, 9.17) is 18.7 Å². The van der Waals surface area contributed by atoms with Crippen molar-refractivity contribution in [1.29, 1.82) is 0 Å². The van der Waals surface area contributed by atoms with Crippen LogP contribution in [0, 0.1) is 0 Å². The van der Waals surface area contributed by atoms with Crippen LogP contribution in [-0.4, -0.2) is 108 Å². The van der Waals surface area contributed by atoms with E-state index in [9.17, 15) is 0 Å². The topological polar surface area (TPSA) is 43.4 Å². The third-order valence-electron chi connectivity index (χ3n) is 4.34. The second-order valence-corrected chi connectivity index (χ2v) is 17.1. The maximum absolute atomic E-state index is 6.45. The van der Waals surface area contributed by atoms with Crippen molar-refractivity contribution in [2.45, 2.75) is 24.2 Å². The third kappa shape index (κ3) is 7.32. The molecular weight excluding hydrogens is 547 g/mol. The van der Waals surface area contributed by atoms with E-state index in [0.29, 0.717) is 13.2 Å². The number of hydrogen-bond acceptors (Lipinski definition) is 6. The van der Waals surface area contributed by atoms with Gasteiger partial charge >= 0.3 is 169 Å². The van der Waals surface area contributed by atoms with Gasteiger partial charge in [-0.2, -0.15) is 0 Å². The molecule has 7 unspecified atom stereocenters. The molecule has 7 atom stereocenters. The fourth-order valence-electron chi connectivity index (χ4n) is 3.10. The Morgan fingerprint density at radius 2 is 1.68 bits per heavy atom. The predicted octanol–water partition coefficient (Wildman–Crippen LogP) is 0.261. The molecule has 0 saturated carbocycles. The van der Waals surface area contributed by atoms with Crippen LogP contribution in [0.1, 0.15) is 0 Å². The Morgan fingerprint density at radius 1 is 1.08 bits per heavy atom. The number of nitrogens with zero attached hydrogens (tertiary/aromatic N) is 2. The van der Waals surface area contributed by atoms with Crippen LogP contribution in [0.15, 0.2) is 0 Å². The van der Waals surface area contributed by atoms with Gasteiger partial charge in [-0.1, -0.05) is 0 Å². The predicted molar refractivity (Wildman–Crippen MR) is 108 cm³/mol. The van der Waals surface area contributed by atoms with E-state index in [1.165, 1.54) is 18.8 Å². The molecule has 25 heavy (non-hydrogen) atoms. The van der Waals surface area contributed by atoms with Gasteiger partial charge in [-0.25, -0.2) is 0 Å². The van der Waals surface area contributed by atoms with Crippen LogP contribution in [0.4, 0.5) is 0 Å². The fourth-order valence-corrected chi connectivity index (χ4v) is 7.16. The van der Waals surface area contributed by atoms with Gasteiger partial charge in [0.15, 0.2) is 0 Å². The summed E-state index contributed by atoms with van der Waals surface area (Å²) in [6.45, 7) is 11.2. The van der Waals surface area contributed by atoms with E-state index >= 15 is 0 Å². The first-order chi connectivity index (χ1) is 11.9. The van der Waals surface area contributed by atoms with Crippen LogP contribution < -0.4 is 0 Å². The monoisotopic (exact) mass is 576 g/mol. The zero-order chi connectivity index (χ0) is 18.4. The van der Waals surface area contributed by atoms with Crippen LogP contribution in [0.25, 0.3) is 0 Å². The molecule has 0 aromatic heterocycles. The Kier molecular flexibility index (Phi) is 10.3. The summed E-state index contributed by atoms with van der Waals surface area (Å²) in [6.07, 6.45) is 0.218. The van der Waals surface area contributed by atoms with Crippen molar-refractivity contribution in [3.63, 3.8) is 0 Å². The molecule has 0 N–H and O–H groups in total. The second kappa shape index (κ2) is 11.2. The van der Waals surface area contributed by atoms with Crippen molar-refractivity contribution < 1.29 is 37.5 Å². The molecule has 0 aromatic rings. The van der Waals surface area contributed by atoms with Crippen LogP contribution in [-0.2, 0) is 37.5 Å². The average Bonchev–Trinajstić information content (AvgIpc) is 2.59. The van der Waals surface area contributed by atoms with E-state index in [1.807, 2.05) is 14.0 Å². The number of morpholine rings is 2. The average molecular weight is 576 g/mol. The summed E-state index contributed by atoms with van der Waals surface area (Å²) < 4.78 is 26.4. The zero-order valence-corrected chi connectivity index (χ0v) is 21.4. The summed E-state index contributed by atoms with van der Waals surface area (Å²) in [7, 11) is 9.19. The van der Waals surface area contributed by atoms with Crippen molar-refractivity contribution in [2.75, 3.05) is 60.2 Å². The normalized spacial score (nSPS) is 34.4. The number of ether oxygens (including phenoxy) is 3. The number of likely N-dealkylation sites (N-methyl/N-ethyl adjacent to an activating group) is 1. The molecule has 2 rings (SSSR count). The van der Waals surface area contributed by atoms with Crippen molar-refractivity contribution in [3.05, 3.63) is 0 Å². The number of rotatable bonds is 8. The molecule has 0 aliphatic carbocycles. The molecule has 142 valence electrons. The van der Waals surface area contributed by atoms with Gasteiger partial charge < -0.3 is 0 Å². The van der Waals surface area contributed by atoms with Crippen LogP contribution >= 0.6 is 23.5 Å². The van der Waals surface area contributed by atoms with Gasteiger partial charge in [0, 0.05) is 0 Å². The van der Waals surface area contributed by atoms with Crippen LogP contribution in [0.5, 0.6) is 0 Å². The molecule has 2 saturated heterocycles. The van der Waals surface area contributed by atoms with Gasteiger partial charge in [-0.15, -0.1) is 0 Å². The SMILES string of the molecule is COCC1CN([P](C)(=[W])OCC2CN(C)CC([B]P)O2)CC([B]P)O1. The van der Waals surface area contributed by atoms with Crippen molar-refractivity contribution in [3.8, 4) is 0 Å². The summed E-state index contributed by atoms with van der Waals surface area (Å²) in [5.41, 5.74) is 0. The quantitative estimate of drug-likeness (QED) is 0.306. The second-order valence-electron chi connectivity index (χ2n) is 6.62. The third-order valence-corrected chi connectivity index (χ3v) is 10.8. The first kappa shape index (κ1) is 23.2. The van der Waals surface area contributed by atoms with E-state index in [-0.39, 0.29) is 24.2 Å². The first-order valence-corrected chi connectivity index (χ1v) is 15.7. The van der Waals surface area contributed by atoms with Gasteiger partial charge in [0.2, 0.25) is 0 Å². The van der Waals surface area contributed by atoms with E-state index < -0.39 is 5.27 Å². The Balaban J connectivity index is 1.91. The zero-order valence-electron chi connectivity index (χ0n) is 15.2. The molecule has 12 heteroatoms. The van der Waals surface area contributed by atoms with Gasteiger partial charge in [0.25, 0.3) is 0 Å². The van der Waals surface area contributed by atoms with E-state index in [2.05, 4.69) is 41.5 Å². The Labute approximate surface area is 168 Å². The number of methoxy groups -OCH3 is 1. The van der Waals surface area contributed by atoms with Gasteiger partial charge in [-0.3, -0.25) is 0 Å². The summed E-state index contributed by atoms with van der Waals surface area (Å²) in [5, 5.41) is -1.61. The van der Waals surface area contributed by atoms with Crippen molar-refractivity contribution >= 4 is 37.5 Å². The molecular formula is C13H29B2N2O4P3W. The Hall–Kier alpha value is 1.87. The maximum atomic E-state index is 6.45. The molecule has 2 aliphatic heterocycles. The molecule has 0 spiro atoms. The molecule has 2 heterocycles. The molecule has 2 radical (unpaired) electrons. The standard InChI is InChI=1S/C13H29B2N2O4P3.W/c1-16-4-10(20-12(6-16)14-22)9-19-24(3)17-5-11(8-18-2)21-13(7-17)15-23;/h10-13H,4-9,22-23H2,1-3H3;. The van der Waals surface area contributed by atoms with Gasteiger partial charge in [0.05, 0.1) is 0 Å². The Morgan fingerprint density at radius 3 is 2.28 bits per heavy atom. The molecule has 0 aromatic carbocycles. The first-order valence-electron chi connectivity index (χ1n) is 8.44. The minimum atomic E-state index is -1.61. The van der Waals surface area contributed by atoms with Crippen LogP contribution in [0.3, 0.4) is 0 Å². The Bertz CT molecular complexity index is 471. The molecule has 0 amide bonds. The summed E-state index contributed by atoms with van der Waals surface area (Å²) in [4.78, 5) is 2.31. The summed E-state index contributed by atoms with van der Waals surface area (Å²) in [6, 6.07) is 0.269. The van der Waals surface area contributed by atoms with Crippen molar-refractivity contribution in [1.82, 2.24) is 9.57 Å². The molecule has 6 nitrogen and oxygen atoms in total. The van der Waals surface area contributed by atoms with Gasteiger partial charge in [0.1, 0.15) is 0 Å². The van der Waals surface area contributed by atoms with Crippen molar-refractivity contribution in [2.24, 2.45) is 0 Å². The summed E-state index contributed by atoms with van der Waals surface area (Å²) in [5.74, 6) is 0. The minimum absolute atomic E-state index is 0.0935. The van der Waals surface area contributed by atoms with E-state index in [1.54, 1.807) is 7.11 Å². The van der Waals surface area contributed by atoms with Crippen LogP contribution in [0.2, 0.25) is 0 Å². The number of hydrogen-bond donors (Lipinski definition) is 0. The molecule has 2 aliphatic rings.